The van der Waals surface area contributed by atoms with E-state index in [0.717, 1.165) is 18.5 Å². The number of aldehydes is 1. The Bertz CT molecular complexity index is 810. The van der Waals surface area contributed by atoms with Crippen molar-refractivity contribution < 1.29 is 26.4 Å². The van der Waals surface area contributed by atoms with E-state index in [4.69, 9.17) is 0 Å². The second-order valence-electron chi connectivity index (χ2n) is 4.42. The SMILES string of the molecule is CCS(=O)(=O)n1cc(-c2ccc(C=O)cc2C(F)(F)F)cn1. The molecule has 1 heterocycles. The zero-order valence-electron chi connectivity index (χ0n) is 11.3. The third kappa shape index (κ3) is 3.03. The molecule has 22 heavy (non-hydrogen) atoms. The Morgan fingerprint density at radius 1 is 1.32 bits per heavy atom. The summed E-state index contributed by atoms with van der Waals surface area (Å²) in [5, 5.41) is 3.59. The maximum atomic E-state index is 13.1. The van der Waals surface area contributed by atoms with E-state index >= 15 is 0 Å². The van der Waals surface area contributed by atoms with Gasteiger partial charge >= 0.3 is 6.18 Å². The topological polar surface area (TPSA) is 69.0 Å². The van der Waals surface area contributed by atoms with Gasteiger partial charge in [0.1, 0.15) is 6.29 Å². The summed E-state index contributed by atoms with van der Waals surface area (Å²) >= 11 is 0. The molecule has 0 radical (unpaired) electrons. The highest BCUT2D eigenvalue weighted by Crippen LogP contribution is 2.37. The summed E-state index contributed by atoms with van der Waals surface area (Å²) in [6, 6.07) is 3.06. The molecule has 9 heteroatoms. The molecular formula is C13H11F3N2O3S. The van der Waals surface area contributed by atoms with Crippen molar-refractivity contribution in [1.82, 2.24) is 9.19 Å². The number of hydrogen-bond acceptors (Lipinski definition) is 4. The number of aromatic nitrogens is 2. The van der Waals surface area contributed by atoms with Crippen LogP contribution in [-0.2, 0) is 16.2 Å². The number of rotatable bonds is 4. The van der Waals surface area contributed by atoms with Crippen molar-refractivity contribution in [2.45, 2.75) is 13.1 Å². The molecule has 1 aromatic carbocycles. The van der Waals surface area contributed by atoms with Gasteiger partial charge < -0.3 is 0 Å². The molecule has 0 amide bonds. The molecule has 0 spiro atoms. The fraction of sp³-hybridized carbons (Fsp3) is 0.231. The molecule has 0 saturated carbocycles. The first-order chi connectivity index (χ1) is 10.2. The fourth-order valence-corrected chi connectivity index (χ4v) is 2.58. The molecule has 0 aliphatic rings. The molecule has 0 saturated heterocycles. The molecule has 2 aromatic rings. The minimum absolute atomic E-state index is 0.00167. The van der Waals surface area contributed by atoms with Crippen LogP contribution >= 0.6 is 0 Å². The minimum atomic E-state index is -4.68. The van der Waals surface area contributed by atoms with Crippen LogP contribution in [0.1, 0.15) is 22.8 Å². The first-order valence-corrected chi connectivity index (χ1v) is 7.74. The lowest BCUT2D eigenvalue weighted by Crippen LogP contribution is -2.14. The Morgan fingerprint density at radius 2 is 2.00 bits per heavy atom. The van der Waals surface area contributed by atoms with Crippen molar-refractivity contribution in [3.63, 3.8) is 0 Å². The van der Waals surface area contributed by atoms with Gasteiger partial charge in [-0.15, -0.1) is 0 Å². The largest absolute Gasteiger partial charge is 0.417 e. The monoisotopic (exact) mass is 332 g/mol. The summed E-state index contributed by atoms with van der Waals surface area (Å²) in [6.45, 7) is 1.40. The van der Waals surface area contributed by atoms with E-state index in [0.29, 0.717) is 16.4 Å². The highest BCUT2D eigenvalue weighted by molar-refractivity contribution is 7.89. The van der Waals surface area contributed by atoms with Crippen molar-refractivity contribution in [2.75, 3.05) is 5.75 Å². The van der Waals surface area contributed by atoms with Gasteiger partial charge in [0.05, 0.1) is 23.7 Å². The average Bonchev–Trinajstić information content (AvgIpc) is 2.96. The van der Waals surface area contributed by atoms with Gasteiger partial charge in [0.2, 0.25) is 0 Å². The van der Waals surface area contributed by atoms with Crippen LogP contribution < -0.4 is 0 Å². The zero-order valence-corrected chi connectivity index (χ0v) is 12.1. The van der Waals surface area contributed by atoms with Crippen LogP contribution in [0.3, 0.4) is 0 Å². The first-order valence-electron chi connectivity index (χ1n) is 6.13. The van der Waals surface area contributed by atoms with Crippen molar-refractivity contribution >= 4 is 16.3 Å². The molecule has 0 aliphatic heterocycles. The summed E-state index contributed by atoms with van der Waals surface area (Å²) in [7, 11) is -3.68. The minimum Gasteiger partial charge on any atom is -0.298 e. The van der Waals surface area contributed by atoms with E-state index in [1.807, 2.05) is 0 Å². The summed E-state index contributed by atoms with van der Waals surface area (Å²) in [6.07, 6.45) is -2.31. The highest BCUT2D eigenvalue weighted by atomic mass is 32.2. The standard InChI is InChI=1S/C13H11F3N2O3S/c1-2-22(20,21)18-7-10(6-17-18)11-4-3-9(8-19)5-12(11)13(14,15)16/h3-8H,2H2,1H3. The zero-order chi connectivity index (χ0) is 16.5. The van der Waals surface area contributed by atoms with Crippen LogP contribution in [0.15, 0.2) is 30.6 Å². The number of halogens is 3. The van der Waals surface area contributed by atoms with E-state index in [2.05, 4.69) is 5.10 Å². The molecule has 0 unspecified atom stereocenters. The smallest absolute Gasteiger partial charge is 0.298 e. The van der Waals surface area contributed by atoms with Crippen molar-refractivity contribution in [1.29, 1.82) is 0 Å². The quantitative estimate of drug-likeness (QED) is 0.807. The lowest BCUT2D eigenvalue weighted by atomic mass is 10.00. The van der Waals surface area contributed by atoms with Gasteiger partial charge in [0, 0.05) is 11.1 Å². The van der Waals surface area contributed by atoms with Crippen LogP contribution in [0.5, 0.6) is 0 Å². The average molecular weight is 332 g/mol. The third-order valence-corrected chi connectivity index (χ3v) is 4.51. The van der Waals surface area contributed by atoms with Gasteiger partial charge in [-0.2, -0.15) is 22.4 Å². The molecule has 0 bridgehead atoms. The maximum Gasteiger partial charge on any atom is 0.417 e. The first kappa shape index (κ1) is 16.2. The highest BCUT2D eigenvalue weighted by Gasteiger charge is 2.34. The number of hydrogen-bond donors (Lipinski definition) is 0. The van der Waals surface area contributed by atoms with Gasteiger partial charge in [0.15, 0.2) is 0 Å². The molecule has 0 fully saturated rings. The van der Waals surface area contributed by atoms with Crippen LogP contribution in [0.25, 0.3) is 11.1 Å². The Hall–Kier alpha value is -2.16. The Labute approximate surface area is 124 Å². The molecule has 0 atom stereocenters. The van der Waals surface area contributed by atoms with Crippen LogP contribution in [0, 0.1) is 0 Å². The van der Waals surface area contributed by atoms with Crippen LogP contribution in [-0.4, -0.2) is 29.6 Å². The normalized spacial score (nSPS) is 12.4. The van der Waals surface area contributed by atoms with Gasteiger partial charge in [-0.1, -0.05) is 12.1 Å². The molecular weight excluding hydrogens is 321 g/mol. The number of nitrogens with zero attached hydrogens (tertiary/aromatic N) is 2. The van der Waals surface area contributed by atoms with Gasteiger partial charge in [-0.3, -0.25) is 4.79 Å². The van der Waals surface area contributed by atoms with E-state index in [-0.39, 0.29) is 22.4 Å². The number of benzene rings is 1. The molecule has 1 aromatic heterocycles. The van der Waals surface area contributed by atoms with Gasteiger partial charge in [-0.05, 0) is 18.6 Å². The van der Waals surface area contributed by atoms with Gasteiger partial charge in [-0.25, -0.2) is 8.42 Å². The van der Waals surface area contributed by atoms with Gasteiger partial charge in [0.25, 0.3) is 10.0 Å². The number of carbonyl (C=O) groups is 1. The maximum absolute atomic E-state index is 13.1. The van der Waals surface area contributed by atoms with Crippen LogP contribution in [0.4, 0.5) is 13.2 Å². The predicted molar refractivity (Wildman–Crippen MR) is 72.9 cm³/mol. The van der Waals surface area contributed by atoms with E-state index in [1.54, 1.807) is 0 Å². The summed E-state index contributed by atoms with van der Waals surface area (Å²) < 4.78 is 63.2. The summed E-state index contributed by atoms with van der Waals surface area (Å²) in [5.41, 5.74) is -1.38. The molecule has 118 valence electrons. The predicted octanol–water partition coefficient (Wildman–Crippen LogP) is 2.58. The molecule has 0 N–H and O–H groups in total. The van der Waals surface area contributed by atoms with E-state index in [1.165, 1.54) is 13.0 Å². The number of carbonyl (C=O) groups excluding carboxylic acids is 1. The lowest BCUT2D eigenvalue weighted by Gasteiger charge is -2.12. The second kappa shape index (κ2) is 5.56. The Morgan fingerprint density at radius 3 is 2.55 bits per heavy atom. The number of alkyl halides is 3. The lowest BCUT2D eigenvalue weighted by molar-refractivity contribution is -0.137. The molecule has 0 aliphatic carbocycles. The fourth-order valence-electron chi connectivity index (χ4n) is 1.85. The summed E-state index contributed by atoms with van der Waals surface area (Å²) in [4.78, 5) is 10.6. The summed E-state index contributed by atoms with van der Waals surface area (Å²) in [5.74, 6) is -0.232. The van der Waals surface area contributed by atoms with Crippen molar-refractivity contribution in [3.8, 4) is 11.1 Å². The molecule has 5 nitrogen and oxygen atoms in total. The van der Waals surface area contributed by atoms with Crippen molar-refractivity contribution in [2.24, 2.45) is 0 Å². The third-order valence-electron chi connectivity index (χ3n) is 3.01. The van der Waals surface area contributed by atoms with E-state index < -0.39 is 21.8 Å². The van der Waals surface area contributed by atoms with E-state index in [9.17, 15) is 26.4 Å². The van der Waals surface area contributed by atoms with Crippen LogP contribution in [0.2, 0.25) is 0 Å². The Kier molecular flexibility index (Phi) is 4.10. The second-order valence-corrected chi connectivity index (χ2v) is 6.54. The Balaban J connectivity index is 2.61. The molecule has 2 rings (SSSR count). The van der Waals surface area contributed by atoms with Crippen molar-refractivity contribution in [3.05, 3.63) is 41.7 Å².